The first-order valence-electron chi connectivity index (χ1n) is 5.43. The maximum atomic E-state index is 11.5. The zero-order valence-corrected chi connectivity index (χ0v) is 10.2. The monoisotopic (exact) mass is 236 g/mol. The van der Waals surface area contributed by atoms with E-state index in [1.165, 1.54) is 0 Å². The Hall–Kier alpha value is -1.75. The molecule has 1 heterocycles. The Morgan fingerprint density at radius 1 is 1.53 bits per heavy atom. The van der Waals surface area contributed by atoms with Crippen LogP contribution in [0.5, 0.6) is 5.75 Å². The van der Waals surface area contributed by atoms with E-state index in [1.807, 2.05) is 30.1 Å². The van der Waals surface area contributed by atoms with E-state index in [2.05, 4.69) is 5.32 Å². The number of nitrogens with zero attached hydrogens (tertiary/aromatic N) is 1. The van der Waals surface area contributed by atoms with Crippen molar-refractivity contribution < 1.29 is 14.3 Å². The van der Waals surface area contributed by atoms with Gasteiger partial charge in [0.15, 0.2) is 6.10 Å². The van der Waals surface area contributed by atoms with Gasteiger partial charge in [0.2, 0.25) is 0 Å². The number of methoxy groups -OCH3 is 1. The highest BCUT2D eigenvalue weighted by Gasteiger charge is 2.23. The molecular formula is C12H16N2O3. The number of ether oxygens (including phenoxy) is 2. The van der Waals surface area contributed by atoms with E-state index in [-0.39, 0.29) is 5.91 Å². The second-order valence-electron chi connectivity index (χ2n) is 4.05. The molecule has 1 unspecified atom stereocenters. The molecular weight excluding hydrogens is 220 g/mol. The predicted octanol–water partition coefficient (Wildman–Crippen LogP) is 1.45. The molecule has 1 aliphatic heterocycles. The zero-order chi connectivity index (χ0) is 12.4. The molecule has 0 fully saturated rings. The van der Waals surface area contributed by atoms with Crippen LogP contribution in [-0.2, 0) is 9.53 Å². The van der Waals surface area contributed by atoms with Crippen molar-refractivity contribution in [2.45, 2.75) is 13.0 Å². The number of fused-ring (bicyclic) bond motifs is 1. The van der Waals surface area contributed by atoms with Crippen LogP contribution in [0, 0.1) is 0 Å². The van der Waals surface area contributed by atoms with Crippen molar-refractivity contribution in [3.05, 3.63) is 18.2 Å². The summed E-state index contributed by atoms with van der Waals surface area (Å²) >= 11 is 0. The Morgan fingerprint density at radius 3 is 3.00 bits per heavy atom. The van der Waals surface area contributed by atoms with Crippen LogP contribution in [0.1, 0.15) is 6.92 Å². The van der Waals surface area contributed by atoms with E-state index in [1.54, 1.807) is 14.0 Å². The van der Waals surface area contributed by atoms with Crippen LogP contribution in [0.15, 0.2) is 18.2 Å². The molecule has 0 spiro atoms. The molecule has 0 bridgehead atoms. The number of rotatable bonds is 3. The number of anilines is 2. The van der Waals surface area contributed by atoms with Crippen LogP contribution in [0.2, 0.25) is 0 Å². The van der Waals surface area contributed by atoms with Gasteiger partial charge >= 0.3 is 0 Å². The summed E-state index contributed by atoms with van der Waals surface area (Å²) in [4.78, 5) is 13.4. The Bertz CT molecular complexity index is 434. The highest BCUT2D eigenvalue weighted by atomic mass is 16.5. The molecule has 1 aliphatic rings. The number of benzene rings is 1. The largest absolute Gasteiger partial charge is 0.479 e. The minimum absolute atomic E-state index is 0.121. The molecule has 5 heteroatoms. The van der Waals surface area contributed by atoms with Crippen molar-refractivity contribution in [3.8, 4) is 5.75 Å². The lowest BCUT2D eigenvalue weighted by atomic mass is 10.2. The molecule has 2 rings (SSSR count). The normalized spacial score (nSPS) is 18.1. The zero-order valence-electron chi connectivity index (χ0n) is 10.2. The van der Waals surface area contributed by atoms with Crippen LogP contribution in [-0.4, -0.2) is 32.9 Å². The summed E-state index contributed by atoms with van der Waals surface area (Å²) in [6.45, 7) is 2.22. The average Bonchev–Trinajstić information content (AvgIpc) is 2.30. The third-order valence-corrected chi connectivity index (χ3v) is 2.66. The fraction of sp³-hybridized carbons (Fsp3) is 0.417. The van der Waals surface area contributed by atoms with Crippen molar-refractivity contribution in [2.24, 2.45) is 0 Å². The van der Waals surface area contributed by atoms with Gasteiger partial charge in [-0.3, -0.25) is 4.79 Å². The fourth-order valence-corrected chi connectivity index (χ4v) is 1.70. The Kier molecular flexibility index (Phi) is 3.19. The lowest BCUT2D eigenvalue weighted by molar-refractivity contribution is -0.122. The second kappa shape index (κ2) is 4.63. The molecule has 1 aromatic carbocycles. The first-order valence-corrected chi connectivity index (χ1v) is 5.43. The highest BCUT2D eigenvalue weighted by Crippen LogP contribution is 2.33. The van der Waals surface area contributed by atoms with E-state index in [9.17, 15) is 4.79 Å². The molecule has 5 nitrogen and oxygen atoms in total. The Labute approximate surface area is 100 Å². The number of carbonyl (C=O) groups excluding carboxylic acids is 1. The van der Waals surface area contributed by atoms with E-state index in [0.29, 0.717) is 18.2 Å². The van der Waals surface area contributed by atoms with Crippen LogP contribution >= 0.6 is 0 Å². The number of amides is 1. The maximum absolute atomic E-state index is 11.5. The second-order valence-corrected chi connectivity index (χ2v) is 4.05. The lowest BCUT2D eigenvalue weighted by Gasteiger charge is -2.25. The van der Waals surface area contributed by atoms with Crippen molar-refractivity contribution in [1.29, 1.82) is 0 Å². The Balaban J connectivity index is 2.25. The smallest absolute Gasteiger partial charge is 0.265 e. The van der Waals surface area contributed by atoms with E-state index in [0.717, 1.165) is 5.69 Å². The first-order chi connectivity index (χ1) is 8.11. The molecule has 0 saturated heterocycles. The third kappa shape index (κ3) is 2.34. The van der Waals surface area contributed by atoms with E-state index >= 15 is 0 Å². The van der Waals surface area contributed by atoms with Crippen LogP contribution in [0.25, 0.3) is 0 Å². The fourth-order valence-electron chi connectivity index (χ4n) is 1.70. The summed E-state index contributed by atoms with van der Waals surface area (Å²) < 4.78 is 10.5. The highest BCUT2D eigenvalue weighted by molar-refractivity contribution is 5.98. The van der Waals surface area contributed by atoms with Gasteiger partial charge in [0.25, 0.3) is 5.91 Å². The summed E-state index contributed by atoms with van der Waals surface area (Å²) in [5, 5.41) is 2.82. The van der Waals surface area contributed by atoms with Gasteiger partial charge < -0.3 is 19.7 Å². The van der Waals surface area contributed by atoms with E-state index < -0.39 is 6.10 Å². The van der Waals surface area contributed by atoms with Crippen molar-refractivity contribution >= 4 is 17.3 Å². The number of carbonyl (C=O) groups is 1. The quantitative estimate of drug-likeness (QED) is 0.807. The molecule has 1 aromatic rings. The predicted molar refractivity (Wildman–Crippen MR) is 65.4 cm³/mol. The molecule has 1 N–H and O–H groups in total. The summed E-state index contributed by atoms with van der Waals surface area (Å²) in [7, 11) is 3.56. The molecule has 0 radical (unpaired) electrons. The average molecular weight is 236 g/mol. The summed E-state index contributed by atoms with van der Waals surface area (Å²) in [6, 6.07) is 5.66. The van der Waals surface area contributed by atoms with Gasteiger partial charge in [-0.05, 0) is 25.1 Å². The van der Waals surface area contributed by atoms with Crippen molar-refractivity contribution in [2.75, 3.05) is 31.1 Å². The summed E-state index contributed by atoms with van der Waals surface area (Å²) in [6.07, 6.45) is -0.440. The topological polar surface area (TPSA) is 50.8 Å². The SMILES string of the molecule is COCN(C)c1ccc2c(c1)NC(=O)C(C)O2. The molecule has 0 aromatic heterocycles. The molecule has 0 saturated carbocycles. The minimum Gasteiger partial charge on any atom is -0.479 e. The van der Waals surface area contributed by atoms with Gasteiger partial charge in [0.05, 0.1) is 5.69 Å². The molecule has 17 heavy (non-hydrogen) atoms. The van der Waals surface area contributed by atoms with Crippen molar-refractivity contribution in [1.82, 2.24) is 0 Å². The summed E-state index contributed by atoms with van der Waals surface area (Å²) in [5.41, 5.74) is 1.66. The van der Waals surface area contributed by atoms with Crippen LogP contribution in [0.4, 0.5) is 11.4 Å². The van der Waals surface area contributed by atoms with Gasteiger partial charge in [-0.15, -0.1) is 0 Å². The number of hydrogen-bond acceptors (Lipinski definition) is 4. The number of nitrogens with one attached hydrogen (secondary N) is 1. The van der Waals surface area contributed by atoms with Crippen LogP contribution < -0.4 is 15.0 Å². The van der Waals surface area contributed by atoms with Crippen LogP contribution in [0.3, 0.4) is 0 Å². The van der Waals surface area contributed by atoms with Gasteiger partial charge in [0, 0.05) is 19.8 Å². The third-order valence-electron chi connectivity index (χ3n) is 2.66. The van der Waals surface area contributed by atoms with Gasteiger partial charge in [-0.25, -0.2) is 0 Å². The summed E-state index contributed by atoms with van der Waals surface area (Å²) in [5.74, 6) is 0.579. The van der Waals surface area contributed by atoms with E-state index in [4.69, 9.17) is 9.47 Å². The number of hydrogen-bond donors (Lipinski definition) is 1. The lowest BCUT2D eigenvalue weighted by Crippen LogP contribution is -2.34. The van der Waals surface area contributed by atoms with Gasteiger partial charge in [-0.2, -0.15) is 0 Å². The van der Waals surface area contributed by atoms with Gasteiger partial charge in [-0.1, -0.05) is 0 Å². The van der Waals surface area contributed by atoms with Crippen molar-refractivity contribution in [3.63, 3.8) is 0 Å². The minimum atomic E-state index is -0.440. The first kappa shape index (κ1) is 11.7. The molecule has 1 amide bonds. The Morgan fingerprint density at radius 2 is 2.29 bits per heavy atom. The molecule has 1 atom stereocenters. The molecule has 0 aliphatic carbocycles. The molecule has 92 valence electrons. The van der Waals surface area contributed by atoms with Gasteiger partial charge in [0.1, 0.15) is 12.5 Å². The maximum Gasteiger partial charge on any atom is 0.265 e. The standard InChI is InChI=1S/C12H16N2O3/c1-8-12(15)13-10-6-9(14(2)7-16-3)4-5-11(10)17-8/h4-6,8H,7H2,1-3H3,(H,13,15).